The van der Waals surface area contributed by atoms with E-state index in [1.807, 2.05) is 0 Å². The second-order valence-corrected chi connectivity index (χ2v) is 11.1. The number of hydrogen-bond donors (Lipinski definition) is 11. The Morgan fingerprint density at radius 3 is 2.00 bits per heavy atom. The standard InChI is InChI=1S/C24H41N5O14S/c1-9(32)26-5-15(35)29-11(22(40)27-4-14(34)25-3)8-44-24-16(28-10(2)33)21(18(37)13(7-31)42-24)43-23-20(39)19(38)17(36)12(6-30)41-23/h11-13,16-21,23-24,30-31,36-39H,4-8H2,1-3H3,(H,25,34)(H,26,32)(H,27,40)(H,28,33)(H,29,35)/t11-,12+,13+,16+,17-,18-,19-,20+,21+,23-,24+/m0/s1. The van der Waals surface area contributed by atoms with E-state index in [2.05, 4.69) is 26.6 Å². The Hall–Kier alpha value is -2.66. The first-order valence-electron chi connectivity index (χ1n) is 13.5. The summed E-state index contributed by atoms with van der Waals surface area (Å²) in [4.78, 5) is 60.3. The third kappa shape index (κ3) is 10.5. The van der Waals surface area contributed by atoms with Gasteiger partial charge in [0.1, 0.15) is 54.2 Å². The van der Waals surface area contributed by atoms with Crippen LogP contribution in [-0.4, -0.2) is 166 Å². The zero-order valence-corrected chi connectivity index (χ0v) is 25.1. The van der Waals surface area contributed by atoms with Crippen molar-refractivity contribution in [1.82, 2.24) is 26.6 Å². The van der Waals surface area contributed by atoms with Gasteiger partial charge in [-0.3, -0.25) is 24.0 Å². The van der Waals surface area contributed by atoms with Gasteiger partial charge in [0.2, 0.25) is 29.5 Å². The molecule has 0 aromatic carbocycles. The van der Waals surface area contributed by atoms with Crippen molar-refractivity contribution in [2.45, 2.75) is 80.4 Å². The molecule has 2 aliphatic rings. The van der Waals surface area contributed by atoms with Crippen LogP contribution < -0.4 is 26.6 Å². The van der Waals surface area contributed by atoms with E-state index in [0.29, 0.717) is 0 Å². The minimum absolute atomic E-state index is 0.257. The molecule has 2 heterocycles. The molecule has 19 nitrogen and oxygen atoms in total. The Kier molecular flexibility index (Phi) is 15.1. The summed E-state index contributed by atoms with van der Waals surface area (Å²) in [5, 5.41) is 73.0. The zero-order valence-electron chi connectivity index (χ0n) is 24.2. The van der Waals surface area contributed by atoms with Gasteiger partial charge < -0.3 is 71.4 Å². The van der Waals surface area contributed by atoms with Crippen molar-refractivity contribution in [3.63, 3.8) is 0 Å². The largest absolute Gasteiger partial charge is 0.394 e. The molecule has 0 spiro atoms. The molecule has 2 aliphatic heterocycles. The number of carbonyl (C=O) groups excluding carboxylic acids is 5. The molecule has 11 atom stereocenters. The number of ether oxygens (including phenoxy) is 3. The molecule has 20 heteroatoms. The molecule has 0 aromatic rings. The minimum atomic E-state index is -1.85. The van der Waals surface area contributed by atoms with Crippen LogP contribution in [0.5, 0.6) is 0 Å². The van der Waals surface area contributed by atoms with Crippen molar-refractivity contribution in [2.24, 2.45) is 0 Å². The molecule has 0 unspecified atom stereocenters. The Morgan fingerprint density at radius 1 is 0.818 bits per heavy atom. The molecule has 2 fully saturated rings. The van der Waals surface area contributed by atoms with Gasteiger partial charge in [-0.1, -0.05) is 0 Å². The number of aliphatic hydroxyl groups is 6. The number of hydrogen-bond acceptors (Lipinski definition) is 15. The first-order chi connectivity index (χ1) is 20.7. The maximum absolute atomic E-state index is 12.9. The molecule has 2 saturated heterocycles. The lowest BCUT2D eigenvalue weighted by Gasteiger charge is -2.47. The third-order valence-corrected chi connectivity index (χ3v) is 7.90. The van der Waals surface area contributed by atoms with Gasteiger partial charge in [-0.15, -0.1) is 11.8 Å². The van der Waals surface area contributed by atoms with Gasteiger partial charge in [0.05, 0.1) is 32.3 Å². The molecule has 44 heavy (non-hydrogen) atoms. The van der Waals surface area contributed by atoms with Gasteiger partial charge in [0, 0.05) is 26.6 Å². The lowest BCUT2D eigenvalue weighted by Crippen LogP contribution is -2.67. The number of nitrogens with one attached hydrogen (secondary N) is 5. The Morgan fingerprint density at radius 2 is 1.43 bits per heavy atom. The highest BCUT2D eigenvalue weighted by molar-refractivity contribution is 7.99. The van der Waals surface area contributed by atoms with Crippen molar-refractivity contribution >= 4 is 41.3 Å². The summed E-state index contributed by atoms with van der Waals surface area (Å²) in [5.74, 6) is -3.42. The van der Waals surface area contributed by atoms with Crippen molar-refractivity contribution in [3.8, 4) is 0 Å². The van der Waals surface area contributed by atoms with Crippen molar-refractivity contribution in [3.05, 3.63) is 0 Å². The van der Waals surface area contributed by atoms with Gasteiger partial charge in [0.25, 0.3) is 0 Å². The second kappa shape index (κ2) is 17.7. The maximum Gasteiger partial charge on any atom is 0.243 e. The lowest BCUT2D eigenvalue weighted by molar-refractivity contribution is -0.329. The minimum Gasteiger partial charge on any atom is -0.394 e. The Bertz CT molecular complexity index is 1010. The predicted octanol–water partition coefficient (Wildman–Crippen LogP) is -7.03. The molecule has 0 aromatic heterocycles. The molecule has 0 radical (unpaired) electrons. The van der Waals surface area contributed by atoms with Crippen LogP contribution >= 0.6 is 11.8 Å². The van der Waals surface area contributed by atoms with Crippen molar-refractivity contribution in [2.75, 3.05) is 39.1 Å². The molecule has 0 bridgehead atoms. The van der Waals surface area contributed by atoms with Crippen molar-refractivity contribution < 1.29 is 68.8 Å². The average Bonchev–Trinajstić information content (AvgIpc) is 2.98. The third-order valence-electron chi connectivity index (χ3n) is 6.64. The second-order valence-electron chi connectivity index (χ2n) is 9.99. The summed E-state index contributed by atoms with van der Waals surface area (Å²) in [6.45, 7) is -0.0435. The SMILES string of the molecule is CNC(=O)CNC(=O)[C@H](CS[C@H]1O[C@H](CO)[C@H](O)[C@H](O[C@@H]2O[C@H](CO)[C@H](O)[C@H](O)[C@H]2O)[C@H]1NC(C)=O)NC(=O)CNC(C)=O. The molecule has 11 N–H and O–H groups in total. The quantitative estimate of drug-likeness (QED) is 0.0829. The number of thioether (sulfide) groups is 1. The van der Waals surface area contributed by atoms with Crippen molar-refractivity contribution in [1.29, 1.82) is 0 Å². The topological polar surface area (TPSA) is 295 Å². The van der Waals surface area contributed by atoms with E-state index in [1.54, 1.807) is 0 Å². The van der Waals surface area contributed by atoms with E-state index in [0.717, 1.165) is 18.7 Å². The summed E-state index contributed by atoms with van der Waals surface area (Å²) in [6.07, 6.45) is -12.9. The van der Waals surface area contributed by atoms with Gasteiger partial charge >= 0.3 is 0 Å². The Balaban J connectivity index is 2.31. The maximum atomic E-state index is 12.9. The van der Waals surface area contributed by atoms with E-state index in [4.69, 9.17) is 14.2 Å². The van der Waals surface area contributed by atoms with E-state index in [1.165, 1.54) is 14.0 Å². The number of amides is 5. The summed E-state index contributed by atoms with van der Waals surface area (Å²) in [7, 11) is 1.36. The van der Waals surface area contributed by atoms with Crippen LogP contribution in [0.1, 0.15) is 13.8 Å². The van der Waals surface area contributed by atoms with Gasteiger partial charge in [-0.2, -0.15) is 0 Å². The van der Waals surface area contributed by atoms with Crippen LogP contribution in [-0.2, 0) is 38.2 Å². The van der Waals surface area contributed by atoms with Crippen LogP contribution in [0.3, 0.4) is 0 Å². The summed E-state index contributed by atoms with van der Waals surface area (Å²) in [6, 6.07) is -2.57. The van der Waals surface area contributed by atoms with Gasteiger partial charge in [-0.25, -0.2) is 0 Å². The van der Waals surface area contributed by atoms with E-state index in [9.17, 15) is 54.6 Å². The number of rotatable bonds is 14. The molecule has 0 saturated carbocycles. The van der Waals surface area contributed by atoms with E-state index in [-0.39, 0.29) is 5.75 Å². The molecular weight excluding hydrogens is 614 g/mol. The molecule has 5 amide bonds. The fourth-order valence-electron chi connectivity index (χ4n) is 4.30. The highest BCUT2D eigenvalue weighted by Gasteiger charge is 2.51. The number of carbonyl (C=O) groups is 5. The molecular formula is C24H41N5O14S. The predicted molar refractivity (Wildman–Crippen MR) is 148 cm³/mol. The van der Waals surface area contributed by atoms with Crippen LogP contribution in [0.2, 0.25) is 0 Å². The first-order valence-corrected chi connectivity index (χ1v) is 14.6. The summed E-state index contributed by atoms with van der Waals surface area (Å²) < 4.78 is 16.9. The molecule has 2 rings (SSSR count). The number of likely N-dealkylation sites (N-methyl/N-ethyl adjacent to an activating group) is 1. The fraction of sp³-hybridized carbons (Fsp3) is 0.792. The fourth-order valence-corrected chi connectivity index (χ4v) is 5.57. The number of aliphatic hydroxyl groups excluding tert-OH is 6. The highest BCUT2D eigenvalue weighted by atomic mass is 32.2. The monoisotopic (exact) mass is 655 g/mol. The van der Waals surface area contributed by atoms with Gasteiger partial charge in [-0.05, 0) is 0 Å². The average molecular weight is 656 g/mol. The van der Waals surface area contributed by atoms with Gasteiger partial charge in [0.15, 0.2) is 6.29 Å². The Labute approximate surface area is 256 Å². The van der Waals surface area contributed by atoms with E-state index < -0.39 is 122 Å². The smallest absolute Gasteiger partial charge is 0.243 e. The molecule has 0 aliphatic carbocycles. The van der Waals surface area contributed by atoms with Crippen LogP contribution in [0, 0.1) is 0 Å². The molecule has 252 valence electrons. The highest BCUT2D eigenvalue weighted by Crippen LogP contribution is 2.33. The van der Waals surface area contributed by atoms with Crippen LogP contribution in [0.4, 0.5) is 0 Å². The summed E-state index contributed by atoms with van der Waals surface area (Å²) >= 11 is 0.849. The van der Waals surface area contributed by atoms with Crippen LogP contribution in [0.15, 0.2) is 0 Å². The lowest BCUT2D eigenvalue weighted by atomic mass is 9.96. The normalized spacial score (nSPS) is 32.6. The summed E-state index contributed by atoms with van der Waals surface area (Å²) in [5.41, 5.74) is -1.18. The van der Waals surface area contributed by atoms with E-state index >= 15 is 0 Å². The zero-order chi connectivity index (χ0) is 33.1. The van der Waals surface area contributed by atoms with Crippen LogP contribution in [0.25, 0.3) is 0 Å². The first kappa shape index (κ1) is 37.5.